The molecule has 0 aromatic rings. The molecule has 94 valence electrons. The van der Waals surface area contributed by atoms with Gasteiger partial charge < -0.3 is 10.6 Å². The molecule has 1 aliphatic heterocycles. The summed E-state index contributed by atoms with van der Waals surface area (Å²) in [6.07, 6.45) is 4.51. The standard InChI is InChI=1S/C12H22N2O.ClH/c1-8-6-10(7-8)14-12(15)11-4-3-5-13-9(11)2;/h8-11,13H,3-7H2,1-2H3,(H,14,15);1H/t8?,9-,10?,11-;/m1./s1. The van der Waals surface area contributed by atoms with E-state index < -0.39 is 0 Å². The minimum atomic E-state index is 0. The van der Waals surface area contributed by atoms with Gasteiger partial charge in [-0.05, 0) is 45.1 Å². The van der Waals surface area contributed by atoms with Crippen LogP contribution >= 0.6 is 12.4 Å². The number of hydrogen-bond acceptors (Lipinski definition) is 2. The molecule has 0 aromatic heterocycles. The molecule has 2 N–H and O–H groups in total. The van der Waals surface area contributed by atoms with E-state index in [2.05, 4.69) is 24.5 Å². The number of piperidine rings is 1. The second kappa shape index (κ2) is 5.87. The van der Waals surface area contributed by atoms with Crippen molar-refractivity contribution in [3.05, 3.63) is 0 Å². The van der Waals surface area contributed by atoms with E-state index in [4.69, 9.17) is 0 Å². The van der Waals surface area contributed by atoms with Gasteiger partial charge in [0.1, 0.15) is 0 Å². The van der Waals surface area contributed by atoms with Crippen LogP contribution in [0, 0.1) is 11.8 Å². The number of hydrogen-bond donors (Lipinski definition) is 2. The zero-order chi connectivity index (χ0) is 10.8. The van der Waals surface area contributed by atoms with Crippen molar-refractivity contribution < 1.29 is 4.79 Å². The van der Waals surface area contributed by atoms with E-state index in [1.807, 2.05) is 0 Å². The van der Waals surface area contributed by atoms with Gasteiger partial charge in [-0.3, -0.25) is 4.79 Å². The van der Waals surface area contributed by atoms with E-state index in [0.29, 0.717) is 12.1 Å². The van der Waals surface area contributed by atoms with Crippen molar-refractivity contribution in [2.45, 2.75) is 51.6 Å². The largest absolute Gasteiger partial charge is 0.353 e. The lowest BCUT2D eigenvalue weighted by Crippen LogP contribution is -2.51. The van der Waals surface area contributed by atoms with E-state index in [1.54, 1.807) is 0 Å². The van der Waals surface area contributed by atoms with Gasteiger partial charge >= 0.3 is 0 Å². The molecule has 16 heavy (non-hydrogen) atoms. The molecule has 1 saturated heterocycles. The molecule has 2 rings (SSSR count). The first-order valence-corrected chi connectivity index (χ1v) is 6.20. The van der Waals surface area contributed by atoms with Gasteiger partial charge in [-0.1, -0.05) is 6.92 Å². The molecule has 0 unspecified atom stereocenters. The summed E-state index contributed by atoms with van der Waals surface area (Å²) < 4.78 is 0. The van der Waals surface area contributed by atoms with Gasteiger partial charge in [0.25, 0.3) is 0 Å². The van der Waals surface area contributed by atoms with Gasteiger partial charge in [0.05, 0.1) is 5.92 Å². The Labute approximate surface area is 104 Å². The molecule has 2 aliphatic rings. The highest BCUT2D eigenvalue weighted by atomic mass is 35.5. The maximum Gasteiger partial charge on any atom is 0.224 e. The van der Waals surface area contributed by atoms with E-state index in [9.17, 15) is 4.79 Å². The van der Waals surface area contributed by atoms with Gasteiger partial charge in [-0.15, -0.1) is 12.4 Å². The summed E-state index contributed by atoms with van der Waals surface area (Å²) in [5.74, 6) is 1.26. The molecular formula is C12H23ClN2O. The fourth-order valence-electron chi connectivity index (χ4n) is 2.73. The third-order valence-electron chi connectivity index (χ3n) is 3.82. The van der Waals surface area contributed by atoms with Crippen LogP contribution in [0.1, 0.15) is 39.5 Å². The molecule has 4 heteroatoms. The maximum atomic E-state index is 12.0. The molecule has 2 fully saturated rings. The molecule has 3 nitrogen and oxygen atoms in total. The van der Waals surface area contributed by atoms with Crippen molar-refractivity contribution in [3.63, 3.8) is 0 Å². The predicted octanol–water partition coefficient (Wildman–Crippen LogP) is 1.71. The summed E-state index contributed by atoms with van der Waals surface area (Å²) in [7, 11) is 0. The fraction of sp³-hybridized carbons (Fsp3) is 0.917. The lowest BCUT2D eigenvalue weighted by molar-refractivity contribution is -0.128. The lowest BCUT2D eigenvalue weighted by Gasteiger charge is -2.36. The Hall–Kier alpha value is -0.280. The first kappa shape index (κ1) is 13.8. The van der Waals surface area contributed by atoms with Gasteiger partial charge in [-0.2, -0.15) is 0 Å². The summed E-state index contributed by atoms with van der Waals surface area (Å²) in [5, 5.41) is 6.54. The Morgan fingerprint density at radius 3 is 2.56 bits per heavy atom. The quantitative estimate of drug-likeness (QED) is 0.779. The minimum absolute atomic E-state index is 0. The molecule has 0 radical (unpaired) electrons. The van der Waals surface area contributed by atoms with E-state index >= 15 is 0 Å². The number of carbonyl (C=O) groups is 1. The summed E-state index contributed by atoms with van der Waals surface area (Å²) in [6, 6.07) is 0.804. The van der Waals surface area contributed by atoms with E-state index in [-0.39, 0.29) is 24.2 Å². The zero-order valence-corrected chi connectivity index (χ0v) is 11.0. The molecule has 1 amide bonds. The number of nitrogens with one attached hydrogen (secondary N) is 2. The molecular weight excluding hydrogens is 224 g/mol. The third kappa shape index (κ3) is 3.11. The van der Waals surface area contributed by atoms with Crippen molar-refractivity contribution in [1.82, 2.24) is 10.6 Å². The second-order valence-electron chi connectivity index (χ2n) is 5.27. The van der Waals surface area contributed by atoms with Gasteiger partial charge in [0.15, 0.2) is 0 Å². The molecule has 2 atom stereocenters. The van der Waals surface area contributed by atoms with Crippen LogP contribution in [-0.2, 0) is 4.79 Å². The summed E-state index contributed by atoms with van der Waals surface area (Å²) >= 11 is 0. The topological polar surface area (TPSA) is 41.1 Å². The van der Waals surface area contributed by atoms with Crippen molar-refractivity contribution in [2.24, 2.45) is 11.8 Å². The Bertz CT molecular complexity index is 241. The molecule has 0 spiro atoms. The SMILES string of the molecule is CC1CC(NC(=O)[C@@H]2CCCN[C@@H]2C)C1.Cl. The van der Waals surface area contributed by atoms with Crippen LogP contribution in [0.15, 0.2) is 0 Å². The summed E-state index contributed by atoms with van der Waals surface area (Å²) in [6.45, 7) is 5.42. The van der Waals surface area contributed by atoms with Gasteiger partial charge in [0, 0.05) is 12.1 Å². The molecule has 1 saturated carbocycles. The Kier molecular flexibility index (Phi) is 5.06. The van der Waals surface area contributed by atoms with Crippen molar-refractivity contribution in [2.75, 3.05) is 6.54 Å². The first-order valence-electron chi connectivity index (χ1n) is 6.20. The Morgan fingerprint density at radius 1 is 1.31 bits per heavy atom. The van der Waals surface area contributed by atoms with Crippen LogP contribution in [-0.4, -0.2) is 24.5 Å². The Balaban J connectivity index is 0.00000128. The first-order chi connectivity index (χ1) is 7.16. The van der Waals surface area contributed by atoms with Gasteiger partial charge in [-0.25, -0.2) is 0 Å². The number of halogens is 1. The number of carbonyl (C=O) groups excluding carboxylic acids is 1. The molecule has 1 heterocycles. The summed E-state index contributed by atoms with van der Waals surface area (Å²) in [5.41, 5.74) is 0. The highest BCUT2D eigenvalue weighted by Gasteiger charge is 2.32. The second-order valence-corrected chi connectivity index (χ2v) is 5.27. The number of amides is 1. The van der Waals surface area contributed by atoms with Gasteiger partial charge in [0.2, 0.25) is 5.91 Å². The van der Waals surface area contributed by atoms with Crippen molar-refractivity contribution in [1.29, 1.82) is 0 Å². The van der Waals surface area contributed by atoms with Crippen molar-refractivity contribution >= 4 is 18.3 Å². The zero-order valence-electron chi connectivity index (χ0n) is 10.2. The molecule has 1 aliphatic carbocycles. The van der Waals surface area contributed by atoms with E-state index in [0.717, 1.165) is 25.3 Å². The average molecular weight is 247 g/mol. The molecule has 0 bridgehead atoms. The third-order valence-corrected chi connectivity index (χ3v) is 3.82. The summed E-state index contributed by atoms with van der Waals surface area (Å²) in [4.78, 5) is 12.0. The van der Waals surface area contributed by atoms with Crippen LogP contribution in [0.4, 0.5) is 0 Å². The monoisotopic (exact) mass is 246 g/mol. The van der Waals surface area contributed by atoms with Crippen LogP contribution in [0.3, 0.4) is 0 Å². The predicted molar refractivity (Wildman–Crippen MR) is 67.8 cm³/mol. The van der Waals surface area contributed by atoms with Crippen molar-refractivity contribution in [3.8, 4) is 0 Å². The average Bonchev–Trinajstić information content (AvgIpc) is 2.16. The van der Waals surface area contributed by atoms with Crippen LogP contribution < -0.4 is 10.6 Å². The van der Waals surface area contributed by atoms with Crippen LogP contribution in [0.5, 0.6) is 0 Å². The lowest BCUT2D eigenvalue weighted by atomic mass is 9.81. The highest BCUT2D eigenvalue weighted by molar-refractivity contribution is 5.85. The normalized spacial score (nSPS) is 38.1. The maximum absolute atomic E-state index is 12.0. The fourth-order valence-corrected chi connectivity index (χ4v) is 2.73. The highest BCUT2D eigenvalue weighted by Crippen LogP contribution is 2.27. The minimum Gasteiger partial charge on any atom is -0.353 e. The molecule has 0 aromatic carbocycles. The smallest absolute Gasteiger partial charge is 0.224 e. The number of rotatable bonds is 2. The van der Waals surface area contributed by atoms with E-state index in [1.165, 1.54) is 12.8 Å². The Morgan fingerprint density at radius 2 is 2.00 bits per heavy atom. The van der Waals surface area contributed by atoms with Crippen LogP contribution in [0.25, 0.3) is 0 Å². The van der Waals surface area contributed by atoms with Crippen LogP contribution in [0.2, 0.25) is 0 Å².